The van der Waals surface area contributed by atoms with Gasteiger partial charge in [0.25, 0.3) is 0 Å². The van der Waals surface area contributed by atoms with Gasteiger partial charge in [0.05, 0.1) is 0 Å². The maximum absolute atomic E-state index is 12.6. The Morgan fingerprint density at radius 1 is 1.13 bits per heavy atom. The summed E-state index contributed by atoms with van der Waals surface area (Å²) in [7, 11) is -3.59. The van der Waals surface area contributed by atoms with Gasteiger partial charge in [-0.1, -0.05) is 11.6 Å². The zero-order chi connectivity index (χ0) is 21.0. The average Bonchev–Trinajstić information content (AvgIpc) is 3.41. The van der Waals surface area contributed by atoms with Gasteiger partial charge in [-0.2, -0.15) is 0 Å². The highest BCUT2D eigenvalue weighted by Crippen LogP contribution is 2.24. The van der Waals surface area contributed by atoms with Gasteiger partial charge < -0.3 is 9.80 Å². The molecule has 0 spiro atoms. The van der Waals surface area contributed by atoms with E-state index in [4.69, 9.17) is 11.6 Å². The van der Waals surface area contributed by atoms with E-state index in [1.54, 1.807) is 18.3 Å². The van der Waals surface area contributed by atoms with Crippen LogP contribution in [-0.4, -0.2) is 62.6 Å². The number of pyridine rings is 2. The van der Waals surface area contributed by atoms with Gasteiger partial charge in [-0.05, 0) is 74.5 Å². The minimum Gasteiger partial charge on any atom is -0.356 e. The summed E-state index contributed by atoms with van der Waals surface area (Å²) < 4.78 is 27.7. The van der Waals surface area contributed by atoms with Crippen molar-refractivity contribution in [3.05, 3.63) is 47.4 Å². The summed E-state index contributed by atoms with van der Waals surface area (Å²) in [6.07, 6.45) is 7.41. The van der Waals surface area contributed by atoms with Crippen LogP contribution in [0.2, 0.25) is 5.15 Å². The Labute approximate surface area is 183 Å². The first-order valence-electron chi connectivity index (χ1n) is 10.5. The molecule has 4 heterocycles. The van der Waals surface area contributed by atoms with Gasteiger partial charge in [0.2, 0.25) is 10.0 Å². The van der Waals surface area contributed by atoms with E-state index >= 15 is 0 Å². The highest BCUT2D eigenvalue weighted by atomic mass is 35.5. The van der Waals surface area contributed by atoms with Crippen LogP contribution in [0.3, 0.4) is 0 Å². The first-order chi connectivity index (χ1) is 14.5. The van der Waals surface area contributed by atoms with Crippen LogP contribution < -0.4 is 9.62 Å². The number of halogens is 1. The lowest BCUT2D eigenvalue weighted by molar-refractivity contribution is 0.289. The van der Waals surface area contributed by atoms with Crippen LogP contribution in [0.25, 0.3) is 0 Å². The van der Waals surface area contributed by atoms with Crippen LogP contribution in [0.4, 0.5) is 5.82 Å². The third kappa shape index (κ3) is 5.49. The number of likely N-dealkylation sites (tertiary alicyclic amines) is 1. The van der Waals surface area contributed by atoms with Gasteiger partial charge in [0.1, 0.15) is 15.9 Å². The SMILES string of the molecule is O=S(=O)(NCCc1ccnc(Cl)c1)c1ccc(N2CCC(CN3CCCC3)C2)nc1. The van der Waals surface area contributed by atoms with Gasteiger partial charge >= 0.3 is 0 Å². The monoisotopic (exact) mass is 449 g/mol. The predicted molar refractivity (Wildman–Crippen MR) is 118 cm³/mol. The maximum Gasteiger partial charge on any atom is 0.242 e. The van der Waals surface area contributed by atoms with E-state index in [0.717, 1.165) is 31.0 Å². The van der Waals surface area contributed by atoms with E-state index < -0.39 is 10.0 Å². The third-order valence-corrected chi connectivity index (χ3v) is 7.51. The van der Waals surface area contributed by atoms with Crippen LogP contribution >= 0.6 is 11.6 Å². The highest BCUT2D eigenvalue weighted by Gasteiger charge is 2.26. The van der Waals surface area contributed by atoms with E-state index in [2.05, 4.69) is 24.5 Å². The molecule has 1 unspecified atom stereocenters. The Morgan fingerprint density at radius 2 is 1.97 bits per heavy atom. The largest absolute Gasteiger partial charge is 0.356 e. The smallest absolute Gasteiger partial charge is 0.242 e. The maximum atomic E-state index is 12.6. The molecule has 162 valence electrons. The van der Waals surface area contributed by atoms with Gasteiger partial charge in [0, 0.05) is 38.6 Å². The summed E-state index contributed by atoms with van der Waals surface area (Å²) >= 11 is 5.87. The Balaban J connectivity index is 1.30. The molecule has 4 rings (SSSR count). The Morgan fingerprint density at radius 3 is 2.70 bits per heavy atom. The van der Waals surface area contributed by atoms with Crippen LogP contribution in [0.5, 0.6) is 0 Å². The van der Waals surface area contributed by atoms with E-state index in [1.165, 1.54) is 38.5 Å². The standard InChI is InChI=1S/C21H28ClN5O2S/c22-20-13-17(5-8-23-20)6-9-25-30(28,29)19-3-4-21(24-14-19)27-12-7-18(16-27)15-26-10-1-2-11-26/h3-5,8,13-14,18,25H,1-2,6-7,9-12,15-16H2. The molecular weight excluding hydrogens is 422 g/mol. The molecule has 7 nitrogen and oxygen atoms in total. The summed E-state index contributed by atoms with van der Waals surface area (Å²) in [6, 6.07) is 7.01. The van der Waals surface area contributed by atoms with Gasteiger partial charge in [-0.15, -0.1) is 0 Å². The lowest BCUT2D eigenvalue weighted by Gasteiger charge is -2.21. The van der Waals surface area contributed by atoms with Crippen molar-refractivity contribution in [2.75, 3.05) is 44.2 Å². The van der Waals surface area contributed by atoms with Gasteiger partial charge in [-0.25, -0.2) is 23.1 Å². The second-order valence-electron chi connectivity index (χ2n) is 8.10. The molecule has 0 bridgehead atoms. The first kappa shape index (κ1) is 21.5. The molecule has 2 aromatic heterocycles. The average molecular weight is 450 g/mol. The lowest BCUT2D eigenvalue weighted by atomic mass is 10.1. The van der Waals surface area contributed by atoms with Gasteiger partial charge in [-0.3, -0.25) is 0 Å². The van der Waals surface area contributed by atoms with Crippen LogP contribution in [-0.2, 0) is 16.4 Å². The topological polar surface area (TPSA) is 78.4 Å². The van der Waals surface area contributed by atoms with Crippen LogP contribution in [0.15, 0.2) is 41.6 Å². The number of aromatic nitrogens is 2. The molecule has 0 saturated carbocycles. The third-order valence-electron chi connectivity index (χ3n) is 5.85. The molecule has 0 aliphatic carbocycles. The number of hydrogen-bond donors (Lipinski definition) is 1. The summed E-state index contributed by atoms with van der Waals surface area (Å²) in [4.78, 5) is 13.4. The normalized spacial score (nSPS) is 20.2. The number of nitrogens with zero attached hydrogens (tertiary/aromatic N) is 4. The van der Waals surface area contributed by atoms with E-state index in [0.29, 0.717) is 17.5 Å². The Bertz CT molecular complexity index is 948. The second-order valence-corrected chi connectivity index (χ2v) is 10.2. The van der Waals surface area contributed by atoms with Crippen molar-refractivity contribution >= 4 is 27.4 Å². The summed E-state index contributed by atoms with van der Waals surface area (Å²) in [5.41, 5.74) is 0.934. The molecule has 2 aromatic rings. The fourth-order valence-corrected chi connectivity index (χ4v) is 5.42. The lowest BCUT2D eigenvalue weighted by Crippen LogP contribution is -2.29. The molecule has 9 heteroatoms. The molecule has 0 radical (unpaired) electrons. The fourth-order valence-electron chi connectivity index (χ4n) is 4.25. The minimum absolute atomic E-state index is 0.187. The second kappa shape index (κ2) is 9.60. The molecular formula is C21H28ClN5O2S. The molecule has 2 fully saturated rings. The van der Waals surface area contributed by atoms with Crippen molar-refractivity contribution in [3.63, 3.8) is 0 Å². The molecule has 1 N–H and O–H groups in total. The molecule has 30 heavy (non-hydrogen) atoms. The van der Waals surface area contributed by atoms with Crippen LogP contribution in [0, 0.1) is 5.92 Å². The number of hydrogen-bond acceptors (Lipinski definition) is 6. The van der Waals surface area contributed by atoms with Crippen molar-refractivity contribution in [1.82, 2.24) is 19.6 Å². The summed E-state index contributed by atoms with van der Waals surface area (Å²) in [5.74, 6) is 1.51. The molecule has 2 aliphatic rings. The van der Waals surface area contributed by atoms with Crippen molar-refractivity contribution in [2.24, 2.45) is 5.92 Å². The zero-order valence-corrected chi connectivity index (χ0v) is 18.6. The van der Waals surface area contributed by atoms with E-state index in [9.17, 15) is 8.42 Å². The number of anilines is 1. The predicted octanol–water partition coefficient (Wildman–Crippen LogP) is 2.57. The Hall–Kier alpha value is -1.74. The van der Waals surface area contributed by atoms with Crippen molar-refractivity contribution in [3.8, 4) is 0 Å². The van der Waals surface area contributed by atoms with Crippen LogP contribution in [0.1, 0.15) is 24.8 Å². The molecule has 0 aromatic carbocycles. The van der Waals surface area contributed by atoms with Crippen molar-refractivity contribution in [2.45, 2.75) is 30.6 Å². The molecule has 1 atom stereocenters. The molecule has 0 amide bonds. The molecule has 2 aliphatic heterocycles. The zero-order valence-electron chi connectivity index (χ0n) is 17.0. The first-order valence-corrected chi connectivity index (χ1v) is 12.4. The fraction of sp³-hybridized carbons (Fsp3) is 0.524. The minimum atomic E-state index is -3.59. The number of sulfonamides is 1. The summed E-state index contributed by atoms with van der Waals surface area (Å²) in [6.45, 7) is 5.86. The van der Waals surface area contributed by atoms with E-state index in [-0.39, 0.29) is 11.4 Å². The van der Waals surface area contributed by atoms with Crippen molar-refractivity contribution in [1.29, 1.82) is 0 Å². The number of rotatable bonds is 8. The van der Waals surface area contributed by atoms with Crippen molar-refractivity contribution < 1.29 is 8.42 Å². The van der Waals surface area contributed by atoms with E-state index in [1.807, 2.05) is 12.1 Å². The highest BCUT2D eigenvalue weighted by molar-refractivity contribution is 7.89. The molecule has 2 saturated heterocycles. The quantitative estimate of drug-likeness (QED) is 0.624. The summed E-state index contributed by atoms with van der Waals surface area (Å²) in [5, 5.41) is 0.403. The van der Waals surface area contributed by atoms with Gasteiger partial charge in [0.15, 0.2) is 0 Å². The Kier molecular flexibility index (Phi) is 6.87. The number of nitrogens with one attached hydrogen (secondary N) is 1.